The van der Waals surface area contributed by atoms with Crippen LogP contribution in [0.4, 0.5) is 0 Å². The van der Waals surface area contributed by atoms with Gasteiger partial charge in [-0.3, -0.25) is 0 Å². The van der Waals surface area contributed by atoms with Crippen molar-refractivity contribution in [2.24, 2.45) is 0 Å². The third-order valence-electron chi connectivity index (χ3n) is 5.83. The number of rotatable bonds is 1. The van der Waals surface area contributed by atoms with Crippen molar-refractivity contribution in [2.45, 2.75) is 33.0 Å². The maximum absolute atomic E-state index is 8.17. The van der Waals surface area contributed by atoms with Gasteiger partial charge in [0.1, 0.15) is 28.7 Å². The monoisotopic (exact) mass is 409 g/mol. The first-order valence-corrected chi connectivity index (χ1v) is 10.3. The molecule has 4 heteroatoms. The second kappa shape index (κ2) is 6.17. The van der Waals surface area contributed by atoms with Crippen molar-refractivity contribution < 1.29 is 12.9 Å². The molecule has 0 aliphatic rings. The normalized spacial score (nSPS) is 14.4. The van der Waals surface area contributed by atoms with Crippen molar-refractivity contribution >= 4 is 43.9 Å². The first-order valence-electron chi connectivity index (χ1n) is 11.8. The van der Waals surface area contributed by atoms with E-state index in [1.54, 1.807) is 18.5 Å². The Morgan fingerprint density at radius 2 is 1.65 bits per heavy atom. The Balaban J connectivity index is 1.72. The van der Waals surface area contributed by atoms with E-state index in [1.165, 1.54) is 0 Å². The van der Waals surface area contributed by atoms with Crippen molar-refractivity contribution in [3.8, 4) is 11.3 Å². The van der Waals surface area contributed by atoms with Crippen molar-refractivity contribution in [3.05, 3.63) is 72.2 Å². The standard InChI is InChI=1S/C27H22N2O2/c1-15-9-10-17(20-12-24(27(2,3)4)29-14-28-20)26-25(15)19-11-18-16-7-5-6-8-21(16)30-22(18)13-23(19)31-26/h5-14H,1-4H3/i1D3. The molecule has 0 bridgehead atoms. The fraction of sp³-hybridized carbons (Fsp3) is 0.185. The molecular formula is C27H22N2O2. The summed E-state index contributed by atoms with van der Waals surface area (Å²) in [6.45, 7) is 3.97. The van der Waals surface area contributed by atoms with Crippen LogP contribution in [0.3, 0.4) is 0 Å². The smallest absolute Gasteiger partial charge is 0.145 e. The van der Waals surface area contributed by atoms with E-state index in [-0.39, 0.29) is 11.0 Å². The van der Waals surface area contributed by atoms with E-state index in [1.807, 2.05) is 42.5 Å². The van der Waals surface area contributed by atoms with E-state index in [9.17, 15) is 0 Å². The van der Waals surface area contributed by atoms with E-state index in [0.717, 1.165) is 33.0 Å². The average Bonchev–Trinajstić information content (AvgIpc) is 3.33. The number of hydrogen-bond donors (Lipinski definition) is 0. The molecule has 0 fully saturated rings. The summed E-state index contributed by atoms with van der Waals surface area (Å²) in [6, 6.07) is 17.0. The zero-order valence-corrected chi connectivity index (χ0v) is 17.5. The van der Waals surface area contributed by atoms with Crippen molar-refractivity contribution in [1.29, 1.82) is 0 Å². The molecule has 0 atom stereocenters. The predicted molar refractivity (Wildman–Crippen MR) is 125 cm³/mol. The highest BCUT2D eigenvalue weighted by atomic mass is 16.3. The molecule has 0 aliphatic heterocycles. The first-order chi connectivity index (χ1) is 16.1. The molecule has 0 saturated carbocycles. The molecular weight excluding hydrogens is 384 g/mol. The number of fused-ring (bicyclic) bond motifs is 6. The van der Waals surface area contributed by atoms with Gasteiger partial charge in [0.05, 0.1) is 5.69 Å². The van der Waals surface area contributed by atoms with Crippen LogP contribution in [0.15, 0.2) is 69.8 Å². The van der Waals surface area contributed by atoms with Gasteiger partial charge in [0.25, 0.3) is 0 Å². The maximum Gasteiger partial charge on any atom is 0.145 e. The fourth-order valence-electron chi connectivity index (χ4n) is 4.21. The Bertz CT molecular complexity index is 1740. The highest BCUT2D eigenvalue weighted by Crippen LogP contribution is 2.41. The highest BCUT2D eigenvalue weighted by molar-refractivity contribution is 6.17. The third kappa shape index (κ3) is 2.68. The lowest BCUT2D eigenvalue weighted by molar-refractivity contribution is 0.567. The van der Waals surface area contributed by atoms with Gasteiger partial charge in [-0.15, -0.1) is 0 Å². The SMILES string of the molecule is [2H]C([2H])([2H])c1ccc(-c2cc(C(C)(C)C)ncn2)c2oc3cc4oc5ccccc5c4cc3c12. The highest BCUT2D eigenvalue weighted by Gasteiger charge is 2.20. The molecule has 0 saturated heterocycles. The second-order valence-electron chi connectivity index (χ2n) is 8.95. The summed E-state index contributed by atoms with van der Waals surface area (Å²) in [5, 5.41) is 3.22. The molecule has 3 aromatic carbocycles. The van der Waals surface area contributed by atoms with Crippen molar-refractivity contribution in [3.63, 3.8) is 0 Å². The largest absolute Gasteiger partial charge is 0.456 e. The maximum atomic E-state index is 8.17. The average molecular weight is 410 g/mol. The first kappa shape index (κ1) is 15.2. The van der Waals surface area contributed by atoms with Gasteiger partial charge in [0.15, 0.2) is 0 Å². The zero-order chi connectivity index (χ0) is 23.8. The molecule has 3 heterocycles. The van der Waals surface area contributed by atoms with E-state index in [4.69, 9.17) is 12.9 Å². The van der Waals surface area contributed by atoms with Crippen LogP contribution in [-0.4, -0.2) is 9.97 Å². The van der Waals surface area contributed by atoms with Gasteiger partial charge in [-0.05, 0) is 36.7 Å². The van der Waals surface area contributed by atoms with Crippen LogP contribution in [0.5, 0.6) is 0 Å². The van der Waals surface area contributed by atoms with Gasteiger partial charge in [-0.2, -0.15) is 0 Å². The molecule has 0 unspecified atom stereocenters. The number of nitrogens with zero attached hydrogens (tertiary/aromatic N) is 2. The minimum Gasteiger partial charge on any atom is -0.456 e. The Labute approximate surface area is 183 Å². The number of para-hydroxylation sites is 1. The van der Waals surface area contributed by atoms with Crippen LogP contribution in [0, 0.1) is 6.85 Å². The summed E-state index contributed by atoms with van der Waals surface area (Å²) < 4.78 is 36.9. The molecule has 0 amide bonds. The third-order valence-corrected chi connectivity index (χ3v) is 5.83. The van der Waals surface area contributed by atoms with Crippen LogP contribution in [0.2, 0.25) is 0 Å². The molecule has 0 radical (unpaired) electrons. The Hall–Kier alpha value is -3.66. The van der Waals surface area contributed by atoms with Crippen LogP contribution in [0.25, 0.3) is 55.1 Å². The van der Waals surface area contributed by atoms with Gasteiger partial charge in [0, 0.05) is 48.4 Å². The number of hydrogen-bond acceptors (Lipinski definition) is 4. The summed E-state index contributed by atoms with van der Waals surface area (Å²) in [5.74, 6) is 0. The van der Waals surface area contributed by atoms with Crippen molar-refractivity contribution in [1.82, 2.24) is 9.97 Å². The minimum atomic E-state index is -2.30. The summed E-state index contributed by atoms with van der Waals surface area (Å²) >= 11 is 0. The number of aryl methyl sites for hydroxylation is 1. The Morgan fingerprint density at radius 1 is 0.806 bits per heavy atom. The molecule has 3 aromatic heterocycles. The van der Waals surface area contributed by atoms with Crippen LogP contribution >= 0.6 is 0 Å². The number of furan rings is 2. The van der Waals surface area contributed by atoms with Gasteiger partial charge >= 0.3 is 0 Å². The van der Waals surface area contributed by atoms with Gasteiger partial charge in [0.2, 0.25) is 0 Å². The summed E-state index contributed by atoms with van der Waals surface area (Å²) in [7, 11) is 0. The van der Waals surface area contributed by atoms with Crippen LogP contribution in [0.1, 0.15) is 36.1 Å². The predicted octanol–water partition coefficient (Wildman–Crippen LogP) is 7.55. The van der Waals surface area contributed by atoms with Crippen LogP contribution < -0.4 is 0 Å². The van der Waals surface area contributed by atoms with E-state index in [0.29, 0.717) is 27.8 Å². The molecule has 0 N–H and O–H groups in total. The number of aromatic nitrogens is 2. The molecule has 0 aliphatic carbocycles. The Kier molecular flexibility index (Phi) is 3.02. The second-order valence-corrected chi connectivity index (χ2v) is 8.95. The molecule has 4 nitrogen and oxygen atoms in total. The van der Waals surface area contributed by atoms with Gasteiger partial charge in [-0.1, -0.05) is 45.0 Å². The summed E-state index contributed by atoms with van der Waals surface area (Å²) in [4.78, 5) is 8.92. The molecule has 6 aromatic rings. The molecule has 152 valence electrons. The molecule has 31 heavy (non-hydrogen) atoms. The van der Waals surface area contributed by atoms with E-state index >= 15 is 0 Å². The lowest BCUT2D eigenvalue weighted by atomic mass is 9.91. The number of benzene rings is 3. The molecule has 6 rings (SSSR count). The fourth-order valence-corrected chi connectivity index (χ4v) is 4.21. The lowest BCUT2D eigenvalue weighted by Crippen LogP contribution is -2.13. The van der Waals surface area contributed by atoms with E-state index < -0.39 is 6.85 Å². The topological polar surface area (TPSA) is 52.1 Å². The minimum absolute atomic E-state index is 0.158. The molecule has 0 spiro atoms. The van der Waals surface area contributed by atoms with Gasteiger partial charge in [-0.25, -0.2) is 9.97 Å². The quantitative estimate of drug-likeness (QED) is 0.281. The summed E-state index contributed by atoms with van der Waals surface area (Å²) in [5.41, 5.74) is 4.96. The van der Waals surface area contributed by atoms with E-state index in [2.05, 4.69) is 30.7 Å². The lowest BCUT2D eigenvalue weighted by Gasteiger charge is -2.17. The summed E-state index contributed by atoms with van der Waals surface area (Å²) in [6.07, 6.45) is 1.54. The van der Waals surface area contributed by atoms with Crippen LogP contribution in [-0.2, 0) is 5.41 Å². The van der Waals surface area contributed by atoms with Crippen molar-refractivity contribution in [2.75, 3.05) is 0 Å². The zero-order valence-electron chi connectivity index (χ0n) is 20.5. The van der Waals surface area contributed by atoms with Gasteiger partial charge < -0.3 is 8.83 Å². The Morgan fingerprint density at radius 3 is 2.48 bits per heavy atom.